The van der Waals surface area contributed by atoms with Crippen LogP contribution in [0, 0.1) is 30.0 Å². The molecule has 22 heavy (non-hydrogen) atoms. The second-order valence-corrected chi connectivity index (χ2v) is 5.52. The molecule has 0 radical (unpaired) electrons. The third-order valence-corrected chi connectivity index (χ3v) is 4.03. The fourth-order valence-electron chi connectivity index (χ4n) is 2.96. The van der Waals surface area contributed by atoms with E-state index >= 15 is 0 Å². The van der Waals surface area contributed by atoms with Crippen molar-refractivity contribution in [2.24, 2.45) is 5.92 Å². The van der Waals surface area contributed by atoms with Crippen LogP contribution in [0.15, 0.2) is 18.2 Å². The smallest absolute Gasteiger partial charge is 0.407 e. The highest BCUT2D eigenvalue weighted by Gasteiger charge is 2.32. The topological polar surface area (TPSA) is 73.6 Å². The van der Waals surface area contributed by atoms with E-state index in [1.54, 1.807) is 6.07 Å². The van der Waals surface area contributed by atoms with Crippen molar-refractivity contribution >= 4 is 6.09 Å². The lowest BCUT2D eigenvalue weighted by molar-refractivity contribution is 0.000910. The van der Waals surface area contributed by atoms with Gasteiger partial charge >= 0.3 is 6.09 Å². The molecule has 0 saturated carbocycles. The van der Waals surface area contributed by atoms with Crippen LogP contribution in [0.4, 0.5) is 9.18 Å². The molecule has 1 aromatic carbocycles. The van der Waals surface area contributed by atoms with Crippen LogP contribution in [0.5, 0.6) is 0 Å². The summed E-state index contributed by atoms with van der Waals surface area (Å²) in [7, 11) is 0. The van der Waals surface area contributed by atoms with Crippen LogP contribution in [0.2, 0.25) is 0 Å². The number of piperidine rings is 1. The Morgan fingerprint density at radius 2 is 2.41 bits per heavy atom. The van der Waals surface area contributed by atoms with Gasteiger partial charge in [0.15, 0.2) is 0 Å². The molecule has 5 nitrogen and oxygen atoms in total. The van der Waals surface area contributed by atoms with Gasteiger partial charge in [0.25, 0.3) is 0 Å². The third kappa shape index (κ3) is 3.74. The molecule has 1 amide bonds. The number of ether oxygens (including phenoxy) is 1. The van der Waals surface area contributed by atoms with Gasteiger partial charge in [-0.2, -0.15) is 5.26 Å². The summed E-state index contributed by atoms with van der Waals surface area (Å²) in [6.07, 6.45) is 0.0883. The summed E-state index contributed by atoms with van der Waals surface area (Å²) in [5.74, 6) is -0.448. The Bertz CT molecular complexity index is 585. The number of nitrogens with zero attached hydrogens (tertiary/aromatic N) is 2. The minimum atomic E-state index is -0.959. The molecule has 1 fully saturated rings. The van der Waals surface area contributed by atoms with E-state index in [1.165, 1.54) is 17.0 Å². The van der Waals surface area contributed by atoms with Crippen LogP contribution in [0.3, 0.4) is 0 Å². The average Bonchev–Trinajstić information content (AvgIpc) is 2.51. The van der Waals surface area contributed by atoms with Crippen molar-refractivity contribution in [2.75, 3.05) is 19.7 Å². The predicted octanol–water partition coefficient (Wildman–Crippen LogP) is 3.11. The molecule has 1 N–H and O–H groups in total. The van der Waals surface area contributed by atoms with E-state index in [1.807, 2.05) is 13.0 Å². The number of likely N-dealkylation sites (tertiary alicyclic amines) is 1. The Morgan fingerprint density at radius 1 is 1.64 bits per heavy atom. The minimum Gasteiger partial charge on any atom is -0.465 e. The van der Waals surface area contributed by atoms with Crippen molar-refractivity contribution in [1.82, 2.24) is 4.90 Å². The lowest BCUT2D eigenvalue weighted by Crippen LogP contribution is -2.41. The summed E-state index contributed by atoms with van der Waals surface area (Å²) in [4.78, 5) is 12.5. The van der Waals surface area contributed by atoms with Crippen LogP contribution in [0.25, 0.3) is 0 Å². The van der Waals surface area contributed by atoms with Gasteiger partial charge in [0.2, 0.25) is 0 Å². The van der Waals surface area contributed by atoms with Crippen molar-refractivity contribution < 1.29 is 19.0 Å². The maximum absolute atomic E-state index is 13.6. The maximum Gasteiger partial charge on any atom is 0.407 e. The molecule has 118 valence electrons. The average molecular weight is 306 g/mol. The van der Waals surface area contributed by atoms with Gasteiger partial charge in [-0.3, -0.25) is 0 Å². The molecule has 1 aromatic rings. The zero-order valence-electron chi connectivity index (χ0n) is 12.5. The first-order valence-electron chi connectivity index (χ1n) is 7.25. The maximum atomic E-state index is 13.6. The summed E-state index contributed by atoms with van der Waals surface area (Å²) in [5.41, 5.74) is 1.56. The number of halogens is 1. The van der Waals surface area contributed by atoms with Gasteiger partial charge < -0.3 is 14.7 Å². The van der Waals surface area contributed by atoms with Gasteiger partial charge in [-0.25, -0.2) is 9.18 Å². The number of aryl methyl sites for hydroxylation is 1. The molecular formula is C16H19FN2O3. The SMILES string of the molecule is Cc1ccc(F)cc1[C@H](OCC#N)C1CCCN(C(=O)O)C1. The molecule has 1 unspecified atom stereocenters. The number of carbonyl (C=O) groups is 1. The zero-order valence-corrected chi connectivity index (χ0v) is 12.5. The fraction of sp³-hybridized carbons (Fsp3) is 0.500. The molecule has 1 saturated heterocycles. The molecule has 6 heteroatoms. The molecule has 1 aliphatic heterocycles. The Kier molecular flexibility index (Phi) is 5.34. The first-order chi connectivity index (χ1) is 10.5. The largest absolute Gasteiger partial charge is 0.465 e. The van der Waals surface area contributed by atoms with Crippen molar-refractivity contribution in [3.05, 3.63) is 35.1 Å². The first kappa shape index (κ1) is 16.2. The van der Waals surface area contributed by atoms with E-state index in [0.717, 1.165) is 18.4 Å². The highest BCUT2D eigenvalue weighted by atomic mass is 19.1. The number of hydrogen-bond donors (Lipinski definition) is 1. The summed E-state index contributed by atoms with van der Waals surface area (Å²) in [6, 6.07) is 6.39. The first-order valence-corrected chi connectivity index (χ1v) is 7.25. The third-order valence-electron chi connectivity index (χ3n) is 4.03. The van der Waals surface area contributed by atoms with E-state index in [2.05, 4.69) is 0 Å². The molecule has 2 rings (SSSR count). The van der Waals surface area contributed by atoms with Crippen molar-refractivity contribution in [3.63, 3.8) is 0 Å². The molecule has 0 bridgehead atoms. The van der Waals surface area contributed by atoms with E-state index in [4.69, 9.17) is 15.1 Å². The number of benzene rings is 1. The highest BCUT2D eigenvalue weighted by Crippen LogP contribution is 2.34. The second kappa shape index (κ2) is 7.23. The lowest BCUT2D eigenvalue weighted by Gasteiger charge is -2.35. The van der Waals surface area contributed by atoms with Gasteiger partial charge in [-0.05, 0) is 43.0 Å². The van der Waals surface area contributed by atoms with E-state index < -0.39 is 12.2 Å². The monoisotopic (exact) mass is 306 g/mol. The summed E-state index contributed by atoms with van der Waals surface area (Å²) in [6.45, 7) is 2.58. The van der Waals surface area contributed by atoms with Gasteiger partial charge in [0, 0.05) is 19.0 Å². The molecule has 2 atom stereocenters. The summed E-state index contributed by atoms with van der Waals surface area (Å²) >= 11 is 0. The highest BCUT2D eigenvalue weighted by molar-refractivity contribution is 5.65. The van der Waals surface area contributed by atoms with Crippen molar-refractivity contribution in [1.29, 1.82) is 5.26 Å². The predicted molar refractivity (Wildman–Crippen MR) is 77.8 cm³/mol. The van der Waals surface area contributed by atoms with Crippen molar-refractivity contribution in [2.45, 2.75) is 25.9 Å². The van der Waals surface area contributed by atoms with Crippen LogP contribution < -0.4 is 0 Å². The Balaban J connectivity index is 2.27. The Hall–Kier alpha value is -2.13. The summed E-state index contributed by atoms with van der Waals surface area (Å²) < 4.78 is 19.2. The molecule has 0 aliphatic carbocycles. The van der Waals surface area contributed by atoms with E-state index in [-0.39, 0.29) is 18.3 Å². The van der Waals surface area contributed by atoms with Crippen LogP contribution in [0.1, 0.15) is 30.1 Å². The normalized spacial score (nSPS) is 19.5. The number of amides is 1. The van der Waals surface area contributed by atoms with Gasteiger partial charge in [0.05, 0.1) is 12.2 Å². The van der Waals surface area contributed by atoms with E-state index in [9.17, 15) is 9.18 Å². The quantitative estimate of drug-likeness (QED) is 0.927. The van der Waals surface area contributed by atoms with Gasteiger partial charge in [-0.15, -0.1) is 0 Å². The number of nitriles is 1. The number of rotatable bonds is 4. The second-order valence-electron chi connectivity index (χ2n) is 5.52. The fourth-order valence-corrected chi connectivity index (χ4v) is 2.96. The molecule has 1 heterocycles. The Morgan fingerprint density at radius 3 is 3.09 bits per heavy atom. The number of carboxylic acid groups (broad SMARTS) is 1. The number of hydrogen-bond acceptors (Lipinski definition) is 3. The van der Waals surface area contributed by atoms with E-state index in [0.29, 0.717) is 18.7 Å². The standard InChI is InChI=1S/C16H19FN2O3/c1-11-4-5-13(17)9-14(11)15(22-8-6-18)12-3-2-7-19(10-12)16(20)21/h4-5,9,12,15H,2-3,7-8,10H2,1H3,(H,20,21)/t12?,15-/m1/s1. The van der Waals surface area contributed by atoms with Crippen LogP contribution >= 0.6 is 0 Å². The van der Waals surface area contributed by atoms with Crippen LogP contribution in [-0.2, 0) is 4.74 Å². The lowest BCUT2D eigenvalue weighted by atomic mass is 9.86. The minimum absolute atomic E-state index is 0.0845. The zero-order chi connectivity index (χ0) is 16.1. The summed E-state index contributed by atoms with van der Waals surface area (Å²) in [5, 5.41) is 17.9. The van der Waals surface area contributed by atoms with Crippen LogP contribution in [-0.4, -0.2) is 35.8 Å². The van der Waals surface area contributed by atoms with Gasteiger partial charge in [0.1, 0.15) is 12.4 Å². The molecule has 0 aromatic heterocycles. The molecule has 1 aliphatic rings. The Labute approximate surface area is 128 Å². The van der Waals surface area contributed by atoms with Gasteiger partial charge in [-0.1, -0.05) is 6.07 Å². The molecular weight excluding hydrogens is 287 g/mol. The molecule has 0 spiro atoms. The van der Waals surface area contributed by atoms with Crippen molar-refractivity contribution in [3.8, 4) is 6.07 Å².